The molecule has 8 rings (SSSR count). The zero-order valence-corrected chi connectivity index (χ0v) is 43.9. The molecule has 6 aliphatic heterocycles. The summed E-state index contributed by atoms with van der Waals surface area (Å²) in [5, 5.41) is 47.9. The Morgan fingerprint density at radius 2 is 0.986 bits per heavy atom. The monoisotopic (exact) mass is 1020 g/mol. The van der Waals surface area contributed by atoms with Gasteiger partial charge >= 0.3 is 18.2 Å². The number of aliphatic carboxylic acids is 1. The molecule has 406 valence electrons. The first-order chi connectivity index (χ1) is 33.6. The van der Waals surface area contributed by atoms with Gasteiger partial charge in [0.1, 0.15) is 39.9 Å². The number of carboxylic acid groups (broad SMARTS) is 1. The van der Waals surface area contributed by atoms with Gasteiger partial charge in [0.15, 0.2) is 6.04 Å². The van der Waals surface area contributed by atoms with Crippen molar-refractivity contribution in [3.63, 3.8) is 0 Å². The molecule has 22 nitrogen and oxygen atoms in total. The Balaban J connectivity index is 0.000000178. The highest BCUT2D eigenvalue weighted by Gasteiger charge is 2.64. The number of ether oxygens (including phenoxy) is 2. The smallest absolute Gasteiger partial charge is 0.411 e. The first-order valence-corrected chi connectivity index (χ1v) is 26.1. The minimum absolute atomic E-state index is 0.0373. The second kappa shape index (κ2) is 22.0. The number of amides is 7. The fourth-order valence-corrected chi connectivity index (χ4v) is 11.2. The second-order valence-corrected chi connectivity index (χ2v) is 23.4. The number of hydrogen-bond acceptors (Lipinski definition) is 14. The molecule has 2 saturated carbocycles. The molecule has 3 unspecified atom stereocenters. The number of nitrogens with one attached hydrogen (secondary N) is 3. The highest BCUT2D eigenvalue weighted by molar-refractivity contribution is 6.01. The van der Waals surface area contributed by atoms with Crippen LogP contribution in [0, 0.1) is 11.8 Å². The van der Waals surface area contributed by atoms with Gasteiger partial charge in [0, 0.05) is 32.7 Å². The molecule has 8 fully saturated rings. The second-order valence-electron chi connectivity index (χ2n) is 23.4. The van der Waals surface area contributed by atoms with Crippen LogP contribution in [-0.2, 0) is 38.2 Å². The van der Waals surface area contributed by atoms with Crippen molar-refractivity contribution in [1.82, 2.24) is 40.4 Å². The van der Waals surface area contributed by atoms with E-state index in [0.717, 1.165) is 50.0 Å². The molecular formula is C50H82N8O14. The first-order valence-electron chi connectivity index (χ1n) is 26.1. The molecule has 8 aliphatic rings. The summed E-state index contributed by atoms with van der Waals surface area (Å²) < 4.78 is 10.8. The van der Waals surface area contributed by atoms with Crippen molar-refractivity contribution >= 4 is 47.7 Å². The molecule has 0 aromatic heterocycles. The Morgan fingerprint density at radius 3 is 1.28 bits per heavy atom. The van der Waals surface area contributed by atoms with Crippen molar-refractivity contribution in [2.75, 3.05) is 52.4 Å². The maximum Gasteiger partial charge on any atom is 0.411 e. The number of hydrogen-bond donors (Lipinski definition) is 7. The molecule has 6 heterocycles. The number of aliphatic hydroxyl groups is 3. The lowest BCUT2D eigenvalue weighted by molar-refractivity contribution is -0.176. The van der Waals surface area contributed by atoms with Gasteiger partial charge < -0.3 is 60.5 Å². The molecule has 22 heteroatoms. The van der Waals surface area contributed by atoms with Gasteiger partial charge in [0.2, 0.25) is 17.7 Å². The zero-order valence-electron chi connectivity index (χ0n) is 43.9. The Bertz CT molecular complexity index is 2040. The Morgan fingerprint density at radius 1 is 0.597 bits per heavy atom. The van der Waals surface area contributed by atoms with Gasteiger partial charge in [0.05, 0.1) is 31.4 Å². The minimum Gasteiger partial charge on any atom is -0.480 e. The van der Waals surface area contributed by atoms with Gasteiger partial charge in [0.25, 0.3) is 11.8 Å². The number of aliphatic hydroxyl groups excluding tert-OH is 3. The number of carboxylic acids is 1. The fraction of sp³-hybridized carbons (Fsp3) is 0.840. The molecule has 0 radical (unpaired) electrons. The van der Waals surface area contributed by atoms with Crippen molar-refractivity contribution in [1.29, 1.82) is 0 Å². The van der Waals surface area contributed by atoms with Crippen LogP contribution in [0.15, 0.2) is 0 Å². The topological polar surface area (TPSA) is 288 Å². The first kappa shape index (κ1) is 56.5. The summed E-state index contributed by atoms with van der Waals surface area (Å²) in [7, 11) is 0. The average molecular weight is 1020 g/mol. The van der Waals surface area contributed by atoms with E-state index in [1.807, 2.05) is 0 Å². The summed E-state index contributed by atoms with van der Waals surface area (Å²) in [5.74, 6) is -1.50. The van der Waals surface area contributed by atoms with Crippen LogP contribution in [0.25, 0.3) is 0 Å². The number of likely N-dealkylation sites (tertiary alicyclic amines) is 5. The van der Waals surface area contributed by atoms with Crippen LogP contribution >= 0.6 is 0 Å². The number of carbonyl (C=O) groups excluding carboxylic acids is 7. The molecule has 0 aromatic carbocycles. The number of rotatable bonds is 13. The van der Waals surface area contributed by atoms with Crippen LogP contribution in [0.2, 0.25) is 0 Å². The van der Waals surface area contributed by atoms with Crippen LogP contribution in [0.4, 0.5) is 9.59 Å². The number of carbonyl (C=O) groups is 8. The molecule has 0 bridgehead atoms. The summed E-state index contributed by atoms with van der Waals surface area (Å²) in [5.41, 5.74) is -3.73. The van der Waals surface area contributed by atoms with E-state index in [1.54, 1.807) is 48.5 Å². The van der Waals surface area contributed by atoms with Crippen LogP contribution in [0.3, 0.4) is 0 Å². The molecule has 9 atom stereocenters. The Kier molecular flexibility index (Phi) is 17.2. The van der Waals surface area contributed by atoms with E-state index < -0.39 is 88.3 Å². The van der Waals surface area contributed by atoms with Crippen molar-refractivity contribution in [3.8, 4) is 0 Å². The summed E-state index contributed by atoms with van der Waals surface area (Å²) in [6, 6.07) is -2.99. The largest absolute Gasteiger partial charge is 0.480 e. The normalized spacial score (nSPS) is 28.4. The average Bonchev–Trinajstić information content (AvgIpc) is 4.02. The van der Waals surface area contributed by atoms with Crippen molar-refractivity contribution in [3.05, 3.63) is 0 Å². The van der Waals surface area contributed by atoms with E-state index in [-0.39, 0.29) is 36.7 Å². The number of nitrogens with zero attached hydrogens (tertiary/aromatic N) is 5. The molecule has 7 amide bonds. The molecule has 6 saturated heterocycles. The lowest BCUT2D eigenvalue weighted by Gasteiger charge is -2.53. The molecule has 72 heavy (non-hydrogen) atoms. The summed E-state index contributed by atoms with van der Waals surface area (Å²) in [6.07, 6.45) is 7.10. The molecule has 3 spiro atoms. The molecule has 7 N–H and O–H groups in total. The van der Waals surface area contributed by atoms with Gasteiger partial charge in [-0.15, -0.1) is 0 Å². The van der Waals surface area contributed by atoms with Crippen molar-refractivity contribution in [2.24, 2.45) is 11.8 Å². The maximum absolute atomic E-state index is 13.1. The van der Waals surface area contributed by atoms with E-state index >= 15 is 0 Å². The zero-order chi connectivity index (χ0) is 53.3. The third-order valence-electron chi connectivity index (χ3n) is 15.5. The van der Waals surface area contributed by atoms with E-state index in [0.29, 0.717) is 70.2 Å². The third-order valence-corrected chi connectivity index (χ3v) is 15.5. The summed E-state index contributed by atoms with van der Waals surface area (Å²) in [6.45, 7) is 18.9. The predicted molar refractivity (Wildman–Crippen MR) is 260 cm³/mol. The Labute approximate surface area is 423 Å². The molecular weight excluding hydrogens is 937 g/mol. The van der Waals surface area contributed by atoms with Crippen molar-refractivity contribution in [2.45, 2.75) is 204 Å². The van der Waals surface area contributed by atoms with E-state index in [4.69, 9.17) is 9.47 Å². The Hall–Kier alpha value is -4.80. The standard InChI is InChI=1S/C20H33N3O5.C15H25N3O3.C15H24N2O6/c1-13(24)15(16(25)21-11-14-7-5-8-14)22-12-20(17(22)26)9-6-10-23(20)18(27)28-19(2,3)4;1-10(19)12(13(20)16-8-11-4-2-5-11)18-9-15(14(18)21)6-3-7-17-15;1-9(18)10(11(19)20)16-8-15(12(16)21)6-5-7-17(15)13(22)23-14(2,3)4/h13-15,24H,5-12H2,1-4H3,(H,21,25);10-12,17,19H,2-9H2,1H3,(H,16,20);9-10,18H,5-8H2,1-4H3,(H,19,20)/t13-,15+,20?;10-,12+,15?;9-,10+,15?/m111/s1. The van der Waals surface area contributed by atoms with Crippen LogP contribution in [-0.4, -0.2) is 209 Å². The highest BCUT2D eigenvalue weighted by atomic mass is 16.6. The SMILES string of the molecule is C[C@@H](O)[C@@H](C(=O)NCC1CCC1)N1CC2(CCCN2)C1=O.C[C@@H](O)[C@@H](C(=O)NCC1CCC1)N1CC2(CCCN2C(=O)OC(C)(C)C)C1=O.C[C@@H](O)[C@@H](C(=O)O)N1CC2(CCCN2C(=O)OC(C)(C)C)C1=O. The van der Waals surface area contributed by atoms with Gasteiger partial charge in [-0.2, -0.15) is 0 Å². The van der Waals surface area contributed by atoms with Gasteiger partial charge in [-0.1, -0.05) is 12.8 Å². The van der Waals surface area contributed by atoms with Crippen LogP contribution in [0.1, 0.15) is 139 Å². The molecule has 0 aromatic rings. The third kappa shape index (κ3) is 11.8. The van der Waals surface area contributed by atoms with E-state index in [1.165, 1.54) is 46.3 Å². The van der Waals surface area contributed by atoms with Crippen LogP contribution in [0.5, 0.6) is 0 Å². The fourth-order valence-electron chi connectivity index (χ4n) is 11.2. The van der Waals surface area contributed by atoms with Crippen molar-refractivity contribution < 1.29 is 68.3 Å². The lowest BCUT2D eigenvalue weighted by Crippen LogP contribution is -2.77. The highest BCUT2D eigenvalue weighted by Crippen LogP contribution is 2.43. The minimum atomic E-state index is -1.30. The van der Waals surface area contributed by atoms with Gasteiger partial charge in [-0.3, -0.25) is 33.8 Å². The summed E-state index contributed by atoms with van der Waals surface area (Å²) >= 11 is 0. The van der Waals surface area contributed by atoms with Gasteiger partial charge in [-0.25, -0.2) is 14.4 Å². The lowest BCUT2D eigenvalue weighted by atomic mass is 9.83. The molecule has 2 aliphatic carbocycles. The van der Waals surface area contributed by atoms with E-state index in [2.05, 4.69) is 16.0 Å². The van der Waals surface area contributed by atoms with Crippen LogP contribution < -0.4 is 16.0 Å². The maximum atomic E-state index is 13.1. The quantitative estimate of drug-likeness (QED) is 0.128. The summed E-state index contributed by atoms with van der Waals surface area (Å²) in [4.78, 5) is 106. The van der Waals surface area contributed by atoms with E-state index in [9.17, 15) is 58.8 Å². The van der Waals surface area contributed by atoms with Gasteiger partial charge in [-0.05, 0) is 145 Å². The predicted octanol–water partition coefficient (Wildman–Crippen LogP) is 1.31. The number of β-lactam (4-membered cyclic amide) rings is 3.